The molecule has 7 heteroatoms. The van der Waals surface area contributed by atoms with Gasteiger partial charge in [-0.3, -0.25) is 13.8 Å². The van der Waals surface area contributed by atoms with E-state index < -0.39 is 10.8 Å². The van der Waals surface area contributed by atoms with Crippen LogP contribution in [-0.4, -0.2) is 57.8 Å². The molecule has 6 nitrogen and oxygen atoms in total. The van der Waals surface area contributed by atoms with Gasteiger partial charge in [0.1, 0.15) is 5.75 Å². The normalized spacial score (nSPS) is 16.0. The first kappa shape index (κ1) is 21.3. The van der Waals surface area contributed by atoms with Crippen molar-refractivity contribution in [3.8, 4) is 0 Å². The van der Waals surface area contributed by atoms with E-state index in [1.807, 2.05) is 12.1 Å². The molecule has 29 heavy (non-hydrogen) atoms. The molecule has 1 aromatic carbocycles. The van der Waals surface area contributed by atoms with Crippen molar-refractivity contribution < 1.29 is 18.2 Å². The van der Waals surface area contributed by atoms with Gasteiger partial charge in [-0.15, -0.1) is 0 Å². The molecule has 2 amide bonds. The van der Waals surface area contributed by atoms with Crippen molar-refractivity contribution in [1.29, 1.82) is 0 Å². The number of amides is 2. The zero-order valence-corrected chi connectivity index (χ0v) is 18.0. The molecule has 0 N–H and O–H groups in total. The summed E-state index contributed by atoms with van der Waals surface area (Å²) in [4.78, 5) is 28.1. The van der Waals surface area contributed by atoms with E-state index in [1.54, 1.807) is 21.9 Å². The first-order valence-electron chi connectivity index (χ1n) is 9.79. The van der Waals surface area contributed by atoms with Gasteiger partial charge in [0.25, 0.3) is 5.91 Å². The summed E-state index contributed by atoms with van der Waals surface area (Å²) < 4.78 is 17.6. The van der Waals surface area contributed by atoms with Gasteiger partial charge in [-0.25, -0.2) is 0 Å². The Balaban J connectivity index is 1.47. The summed E-state index contributed by atoms with van der Waals surface area (Å²) >= 11 is 0. The maximum Gasteiger partial charge on any atom is 0.289 e. The van der Waals surface area contributed by atoms with E-state index in [2.05, 4.69) is 32.9 Å². The van der Waals surface area contributed by atoms with Crippen LogP contribution in [0, 0.1) is 0 Å². The second-order valence-electron chi connectivity index (χ2n) is 8.33. The Morgan fingerprint density at radius 3 is 2.17 bits per heavy atom. The number of carbonyl (C=O) groups is 2. The molecular formula is C22H28N2O4S. The number of hydrogen-bond acceptors (Lipinski definition) is 4. The van der Waals surface area contributed by atoms with Gasteiger partial charge in [0.2, 0.25) is 5.91 Å². The van der Waals surface area contributed by atoms with Crippen LogP contribution in [0.2, 0.25) is 0 Å². The fourth-order valence-corrected chi connectivity index (χ4v) is 4.41. The molecule has 0 spiro atoms. The highest BCUT2D eigenvalue weighted by Crippen LogP contribution is 2.22. The molecule has 0 unspecified atom stereocenters. The van der Waals surface area contributed by atoms with Crippen LogP contribution in [0.15, 0.2) is 47.1 Å². The molecule has 0 aliphatic carbocycles. The van der Waals surface area contributed by atoms with Gasteiger partial charge in [0.15, 0.2) is 5.76 Å². The summed E-state index contributed by atoms with van der Waals surface area (Å²) in [5, 5.41) is 0. The Bertz CT molecular complexity index is 861. The minimum atomic E-state index is -1.26. The van der Waals surface area contributed by atoms with Crippen LogP contribution in [0.1, 0.15) is 42.5 Å². The quantitative estimate of drug-likeness (QED) is 0.752. The van der Waals surface area contributed by atoms with E-state index in [1.165, 1.54) is 11.8 Å². The van der Waals surface area contributed by atoms with E-state index in [4.69, 9.17) is 4.42 Å². The summed E-state index contributed by atoms with van der Waals surface area (Å²) in [6, 6.07) is 11.4. The maximum absolute atomic E-state index is 12.5. The van der Waals surface area contributed by atoms with Crippen LogP contribution in [0.3, 0.4) is 0 Å². The Labute approximate surface area is 174 Å². The number of piperazine rings is 1. The number of carbonyl (C=O) groups excluding carboxylic acids is 2. The van der Waals surface area contributed by atoms with Crippen molar-refractivity contribution in [2.75, 3.05) is 31.9 Å². The molecule has 3 rings (SSSR count). The number of benzene rings is 1. The first-order valence-corrected chi connectivity index (χ1v) is 11.3. The van der Waals surface area contributed by atoms with Crippen LogP contribution in [-0.2, 0) is 26.8 Å². The molecule has 1 fully saturated rings. The number of rotatable bonds is 5. The van der Waals surface area contributed by atoms with Crippen molar-refractivity contribution in [2.24, 2.45) is 0 Å². The Kier molecular flexibility index (Phi) is 6.57. The predicted octanol–water partition coefficient (Wildman–Crippen LogP) is 2.81. The van der Waals surface area contributed by atoms with Gasteiger partial charge in [-0.1, -0.05) is 45.0 Å². The molecule has 0 saturated carbocycles. The van der Waals surface area contributed by atoms with E-state index in [0.717, 1.165) is 5.56 Å². The van der Waals surface area contributed by atoms with Gasteiger partial charge in [0.05, 0.1) is 6.26 Å². The molecule has 2 heterocycles. The zero-order valence-electron chi connectivity index (χ0n) is 17.2. The molecular weight excluding hydrogens is 388 g/mol. The third-order valence-corrected chi connectivity index (χ3v) is 6.31. The van der Waals surface area contributed by atoms with E-state index >= 15 is 0 Å². The van der Waals surface area contributed by atoms with Gasteiger partial charge in [-0.2, -0.15) is 0 Å². The SMILES string of the molecule is CC(C)(C)c1ccc(C[S@](=O)CC(=O)N2CCN(C(=O)c3ccco3)CC2)cc1. The fraction of sp³-hybridized carbons (Fsp3) is 0.455. The van der Waals surface area contributed by atoms with Crippen LogP contribution < -0.4 is 0 Å². The minimum absolute atomic E-state index is 0.00710. The van der Waals surface area contributed by atoms with E-state index in [9.17, 15) is 13.8 Å². The molecule has 0 radical (unpaired) electrons. The highest BCUT2D eigenvalue weighted by atomic mass is 32.2. The van der Waals surface area contributed by atoms with Crippen molar-refractivity contribution >= 4 is 22.6 Å². The van der Waals surface area contributed by atoms with E-state index in [-0.39, 0.29) is 23.0 Å². The second-order valence-corrected chi connectivity index (χ2v) is 9.78. The van der Waals surface area contributed by atoms with Gasteiger partial charge in [0, 0.05) is 42.7 Å². The van der Waals surface area contributed by atoms with Gasteiger partial charge in [-0.05, 0) is 28.7 Å². The second kappa shape index (κ2) is 8.95. The molecule has 1 aromatic heterocycles. The van der Waals surface area contributed by atoms with Gasteiger partial charge >= 0.3 is 0 Å². The summed E-state index contributed by atoms with van der Waals surface area (Å²) in [7, 11) is -1.26. The van der Waals surface area contributed by atoms with Crippen LogP contribution >= 0.6 is 0 Å². The van der Waals surface area contributed by atoms with Crippen molar-refractivity contribution in [1.82, 2.24) is 9.80 Å². The average molecular weight is 417 g/mol. The van der Waals surface area contributed by atoms with Crippen molar-refractivity contribution in [2.45, 2.75) is 31.9 Å². The van der Waals surface area contributed by atoms with Crippen molar-refractivity contribution in [3.05, 3.63) is 59.5 Å². The summed E-state index contributed by atoms with van der Waals surface area (Å²) in [5.41, 5.74) is 2.27. The highest BCUT2D eigenvalue weighted by molar-refractivity contribution is 7.84. The van der Waals surface area contributed by atoms with Crippen LogP contribution in [0.4, 0.5) is 0 Å². The maximum atomic E-state index is 12.5. The first-order chi connectivity index (χ1) is 13.7. The molecule has 1 aliphatic heterocycles. The molecule has 156 valence electrons. The molecule has 1 aliphatic rings. The molecule has 2 aromatic rings. The zero-order chi connectivity index (χ0) is 21.0. The van der Waals surface area contributed by atoms with Crippen LogP contribution in [0.25, 0.3) is 0 Å². The Morgan fingerprint density at radius 2 is 1.62 bits per heavy atom. The summed E-state index contributed by atoms with van der Waals surface area (Å²) in [5.74, 6) is 0.396. The lowest BCUT2D eigenvalue weighted by atomic mass is 9.87. The standard InChI is InChI=1S/C22H28N2O4S/c1-22(2,3)18-8-6-17(7-9-18)15-29(27)16-20(25)23-10-12-24(13-11-23)21(26)19-5-4-14-28-19/h4-9,14H,10-13,15-16H2,1-3H3/t29-/m0/s1. The monoisotopic (exact) mass is 416 g/mol. The number of nitrogens with zero attached hydrogens (tertiary/aromatic N) is 2. The molecule has 1 saturated heterocycles. The molecule has 1 atom stereocenters. The van der Waals surface area contributed by atoms with Crippen LogP contribution in [0.5, 0.6) is 0 Å². The summed E-state index contributed by atoms with van der Waals surface area (Å²) in [6.45, 7) is 8.26. The third kappa shape index (κ3) is 5.56. The topological polar surface area (TPSA) is 70.8 Å². The smallest absolute Gasteiger partial charge is 0.289 e. The largest absolute Gasteiger partial charge is 0.459 e. The number of hydrogen-bond donors (Lipinski definition) is 0. The summed E-state index contributed by atoms with van der Waals surface area (Å²) in [6.07, 6.45) is 1.47. The molecule has 0 bridgehead atoms. The lowest BCUT2D eigenvalue weighted by Gasteiger charge is -2.34. The predicted molar refractivity (Wildman–Crippen MR) is 113 cm³/mol. The van der Waals surface area contributed by atoms with E-state index in [0.29, 0.717) is 37.7 Å². The lowest BCUT2D eigenvalue weighted by molar-refractivity contribution is -0.129. The third-order valence-electron chi connectivity index (χ3n) is 5.08. The lowest BCUT2D eigenvalue weighted by Crippen LogP contribution is -2.51. The highest BCUT2D eigenvalue weighted by Gasteiger charge is 2.26. The average Bonchev–Trinajstić information content (AvgIpc) is 3.22. The number of furan rings is 1. The van der Waals surface area contributed by atoms with Crippen molar-refractivity contribution in [3.63, 3.8) is 0 Å². The van der Waals surface area contributed by atoms with Gasteiger partial charge < -0.3 is 14.2 Å². The Hall–Kier alpha value is -2.41. The fourth-order valence-electron chi connectivity index (χ4n) is 3.28. The minimum Gasteiger partial charge on any atom is -0.459 e. The Morgan fingerprint density at radius 1 is 1.00 bits per heavy atom.